The Morgan fingerprint density at radius 1 is 1.31 bits per heavy atom. The molecule has 1 fully saturated rings. The highest BCUT2D eigenvalue weighted by Gasteiger charge is 2.57. The molecule has 0 aliphatic heterocycles. The summed E-state index contributed by atoms with van der Waals surface area (Å²) in [6, 6.07) is 0. The molecule has 138 valence electrons. The first-order valence-electron chi connectivity index (χ1n) is 9.53. The minimum Gasteiger partial charge on any atom is -0.483 e. The Labute approximate surface area is 159 Å². The molecule has 1 saturated carbocycles. The van der Waals surface area contributed by atoms with Crippen LogP contribution in [0.5, 0.6) is 0 Å². The van der Waals surface area contributed by atoms with E-state index in [0.717, 1.165) is 61.3 Å². The molecule has 4 heteroatoms. The van der Waals surface area contributed by atoms with Gasteiger partial charge in [0.15, 0.2) is 0 Å². The molecule has 0 aromatic heterocycles. The number of fused-ring (bicyclic) bond motifs is 1. The van der Waals surface area contributed by atoms with E-state index in [4.69, 9.17) is 21.4 Å². The summed E-state index contributed by atoms with van der Waals surface area (Å²) in [6.45, 7) is 2.13. The lowest BCUT2D eigenvalue weighted by molar-refractivity contribution is -0.136. The zero-order valence-corrected chi connectivity index (χ0v) is 15.9. The first-order valence-corrected chi connectivity index (χ1v) is 9.91. The summed E-state index contributed by atoms with van der Waals surface area (Å²) in [4.78, 5) is 11.0. The summed E-state index contributed by atoms with van der Waals surface area (Å²) >= 11 is 6.17. The topological polar surface area (TPSA) is 46.5 Å². The van der Waals surface area contributed by atoms with Crippen LogP contribution in [0, 0.1) is 5.92 Å². The fraction of sp³-hybridized carbons (Fsp3) is 0.500. The van der Waals surface area contributed by atoms with Crippen LogP contribution < -0.4 is 0 Å². The molecule has 4 aliphatic rings. The highest BCUT2D eigenvalue weighted by molar-refractivity contribution is 6.29. The molecule has 2 unspecified atom stereocenters. The Balaban J connectivity index is 1.53. The zero-order chi connectivity index (χ0) is 18.3. The first kappa shape index (κ1) is 17.7. The van der Waals surface area contributed by atoms with Gasteiger partial charge in [-0.15, -0.1) is 0 Å². The molecule has 4 rings (SSSR count). The van der Waals surface area contributed by atoms with E-state index in [1.54, 1.807) is 0 Å². The second-order valence-corrected chi connectivity index (χ2v) is 8.42. The van der Waals surface area contributed by atoms with Crippen molar-refractivity contribution >= 4 is 17.6 Å². The normalized spacial score (nSPS) is 30.6. The predicted octanol–water partition coefficient (Wildman–Crippen LogP) is 5.79. The molecule has 0 saturated heterocycles. The van der Waals surface area contributed by atoms with E-state index in [1.165, 1.54) is 16.7 Å². The molecule has 0 spiro atoms. The van der Waals surface area contributed by atoms with Gasteiger partial charge in [0.25, 0.3) is 0 Å². The smallest absolute Gasteiger partial charge is 0.307 e. The van der Waals surface area contributed by atoms with Crippen LogP contribution >= 0.6 is 11.6 Å². The summed E-state index contributed by atoms with van der Waals surface area (Å²) in [6.07, 6.45) is 15.6. The maximum Gasteiger partial charge on any atom is 0.307 e. The molecule has 26 heavy (non-hydrogen) atoms. The Bertz CT molecular complexity index is 796. The van der Waals surface area contributed by atoms with Gasteiger partial charge in [0.2, 0.25) is 0 Å². The maximum atomic E-state index is 11.0. The third-order valence-corrected chi connectivity index (χ3v) is 6.27. The van der Waals surface area contributed by atoms with E-state index in [-0.39, 0.29) is 12.0 Å². The molecule has 4 aliphatic carbocycles. The van der Waals surface area contributed by atoms with Crippen molar-refractivity contribution in [1.29, 1.82) is 0 Å². The lowest BCUT2D eigenvalue weighted by Crippen LogP contribution is -2.19. The number of rotatable bonds is 5. The van der Waals surface area contributed by atoms with Crippen LogP contribution in [0.4, 0.5) is 0 Å². The van der Waals surface area contributed by atoms with Crippen LogP contribution in [0.1, 0.15) is 58.3 Å². The molecule has 0 aromatic carbocycles. The fourth-order valence-corrected chi connectivity index (χ4v) is 4.82. The zero-order valence-electron chi connectivity index (χ0n) is 15.2. The average molecular weight is 373 g/mol. The number of ether oxygens (including phenoxy) is 1. The summed E-state index contributed by atoms with van der Waals surface area (Å²) in [5, 5.41) is 10.0. The van der Waals surface area contributed by atoms with Crippen LogP contribution in [0.2, 0.25) is 0 Å². The number of halogens is 1. The summed E-state index contributed by atoms with van der Waals surface area (Å²) in [7, 11) is 0. The number of carbonyl (C=O) groups is 1. The highest BCUT2D eigenvalue weighted by atomic mass is 35.5. The molecule has 0 heterocycles. The number of hydrogen-bond donors (Lipinski definition) is 1. The number of hydrogen-bond acceptors (Lipinski definition) is 2. The first-order chi connectivity index (χ1) is 12.4. The van der Waals surface area contributed by atoms with Crippen molar-refractivity contribution in [1.82, 2.24) is 0 Å². The molecule has 0 amide bonds. The average Bonchev–Trinajstić information content (AvgIpc) is 3.27. The summed E-state index contributed by atoms with van der Waals surface area (Å²) in [5.41, 5.74) is 4.78. The van der Waals surface area contributed by atoms with E-state index in [0.29, 0.717) is 5.92 Å². The van der Waals surface area contributed by atoms with Crippen molar-refractivity contribution in [2.24, 2.45) is 5.92 Å². The van der Waals surface area contributed by atoms with Crippen molar-refractivity contribution in [3.05, 3.63) is 57.4 Å². The van der Waals surface area contributed by atoms with Gasteiger partial charge in [-0.2, -0.15) is 0 Å². The number of allylic oxidation sites excluding steroid dienone is 7. The largest absolute Gasteiger partial charge is 0.483 e. The minimum absolute atomic E-state index is 0.136. The van der Waals surface area contributed by atoms with Crippen LogP contribution in [0.15, 0.2) is 57.4 Å². The summed E-state index contributed by atoms with van der Waals surface area (Å²) in [5.74, 6) is 0.732. The molecule has 2 atom stereocenters. The van der Waals surface area contributed by atoms with Crippen molar-refractivity contribution < 1.29 is 14.6 Å². The van der Waals surface area contributed by atoms with Gasteiger partial charge >= 0.3 is 5.97 Å². The van der Waals surface area contributed by atoms with Crippen molar-refractivity contribution in [3.63, 3.8) is 0 Å². The molecule has 3 nitrogen and oxygen atoms in total. The number of carboxylic acids is 1. The lowest BCUT2D eigenvalue weighted by atomic mass is 9.87. The van der Waals surface area contributed by atoms with Crippen molar-refractivity contribution in [3.8, 4) is 0 Å². The van der Waals surface area contributed by atoms with Crippen molar-refractivity contribution in [2.45, 2.75) is 63.9 Å². The Morgan fingerprint density at radius 3 is 2.92 bits per heavy atom. The van der Waals surface area contributed by atoms with Gasteiger partial charge in [-0.1, -0.05) is 17.2 Å². The van der Waals surface area contributed by atoms with Crippen LogP contribution in [0.3, 0.4) is 0 Å². The van der Waals surface area contributed by atoms with Gasteiger partial charge < -0.3 is 9.84 Å². The highest BCUT2D eigenvalue weighted by Crippen LogP contribution is 2.56. The minimum atomic E-state index is -0.754. The molecule has 1 N–H and O–H groups in total. The SMILES string of the molecule is CC1=C(C2=CC(OC34C=C(CC(=O)O)CCC3C4)=CCC2)CCC(Cl)=C1. The molecule has 0 radical (unpaired) electrons. The number of carboxylic acid groups (broad SMARTS) is 1. The van der Waals surface area contributed by atoms with Gasteiger partial charge in [-0.05, 0) is 92.9 Å². The monoisotopic (exact) mass is 372 g/mol. The van der Waals surface area contributed by atoms with E-state index >= 15 is 0 Å². The van der Waals surface area contributed by atoms with Gasteiger partial charge in [-0.3, -0.25) is 4.79 Å². The summed E-state index contributed by atoms with van der Waals surface area (Å²) < 4.78 is 6.43. The quantitative estimate of drug-likeness (QED) is 0.621. The van der Waals surface area contributed by atoms with Gasteiger partial charge in [0, 0.05) is 11.0 Å². The van der Waals surface area contributed by atoms with E-state index in [9.17, 15) is 4.79 Å². The van der Waals surface area contributed by atoms with Crippen LogP contribution in [0.25, 0.3) is 0 Å². The van der Waals surface area contributed by atoms with E-state index in [1.807, 2.05) is 0 Å². The standard InChI is InChI=1S/C22H25ClO3/c1-14-9-18(23)7-8-20(14)16-3-2-4-19(11-16)26-22-12-15(10-21(24)25)5-6-17(22)13-22/h4,9,11-12,17H,2-3,5-8,10,13H2,1H3,(H,24,25). The van der Waals surface area contributed by atoms with Gasteiger partial charge in [0.1, 0.15) is 11.4 Å². The predicted molar refractivity (Wildman–Crippen MR) is 103 cm³/mol. The third kappa shape index (κ3) is 3.55. The van der Waals surface area contributed by atoms with Crippen LogP contribution in [-0.4, -0.2) is 16.7 Å². The Hall–Kier alpha value is -1.74. The molecule has 0 bridgehead atoms. The molecular weight excluding hydrogens is 348 g/mol. The second-order valence-electron chi connectivity index (χ2n) is 7.94. The van der Waals surface area contributed by atoms with Crippen molar-refractivity contribution in [2.75, 3.05) is 0 Å². The molecular formula is C22H25ClO3. The van der Waals surface area contributed by atoms with Gasteiger partial charge in [-0.25, -0.2) is 0 Å². The van der Waals surface area contributed by atoms with Crippen LogP contribution in [-0.2, 0) is 9.53 Å². The Morgan fingerprint density at radius 2 is 2.15 bits per heavy atom. The van der Waals surface area contributed by atoms with E-state index < -0.39 is 5.97 Å². The van der Waals surface area contributed by atoms with Gasteiger partial charge in [0.05, 0.1) is 6.42 Å². The Kier molecular flexibility index (Phi) is 4.60. The third-order valence-electron chi connectivity index (χ3n) is 5.97. The molecule has 0 aromatic rings. The fourth-order valence-electron chi connectivity index (χ4n) is 4.57. The maximum absolute atomic E-state index is 11.0. The number of aliphatic carboxylic acids is 1. The lowest BCUT2D eigenvalue weighted by Gasteiger charge is -2.26. The van der Waals surface area contributed by atoms with E-state index in [2.05, 4.69) is 31.2 Å². The second kappa shape index (κ2) is 6.77.